The summed E-state index contributed by atoms with van der Waals surface area (Å²) in [6.45, 7) is 7.21. The van der Waals surface area contributed by atoms with Gasteiger partial charge in [0, 0.05) is 25.2 Å². The summed E-state index contributed by atoms with van der Waals surface area (Å²) in [6, 6.07) is 3.29. The Morgan fingerprint density at radius 3 is 2.41 bits per heavy atom. The molecule has 1 fully saturated rings. The maximum Gasteiger partial charge on any atom is 0.126 e. The smallest absolute Gasteiger partial charge is 0.126 e. The third-order valence-corrected chi connectivity index (χ3v) is 4.39. The summed E-state index contributed by atoms with van der Waals surface area (Å²) in [5.41, 5.74) is 0.552. The van der Waals surface area contributed by atoms with Crippen LogP contribution in [0.15, 0.2) is 18.2 Å². The van der Waals surface area contributed by atoms with Crippen molar-refractivity contribution in [3.63, 3.8) is 0 Å². The fraction of sp³-hybridized carbons (Fsp3) is 0.647. The van der Waals surface area contributed by atoms with Gasteiger partial charge < -0.3 is 15.3 Å². The number of aliphatic hydroxyl groups is 1. The normalized spacial score (nSPS) is 20.0. The second kappa shape index (κ2) is 7.99. The highest BCUT2D eigenvalue weighted by Crippen LogP contribution is 2.17. The molecule has 0 radical (unpaired) electrons. The molecule has 1 saturated heterocycles. The number of nitrogens with one attached hydrogen (secondary N) is 1. The van der Waals surface area contributed by atoms with Gasteiger partial charge in [0.25, 0.3) is 0 Å². The van der Waals surface area contributed by atoms with Gasteiger partial charge in [0.15, 0.2) is 0 Å². The number of likely N-dealkylation sites (tertiary alicyclic amines) is 1. The molecule has 0 amide bonds. The highest BCUT2D eigenvalue weighted by molar-refractivity contribution is 5.20. The molecule has 0 bridgehead atoms. The summed E-state index contributed by atoms with van der Waals surface area (Å²) in [5.74, 6) is -0.382. The predicted molar refractivity (Wildman–Crippen MR) is 83.6 cm³/mol. The molecule has 2 unspecified atom stereocenters. The number of nitrogens with zero attached hydrogens (tertiary/aromatic N) is 1. The van der Waals surface area contributed by atoms with Crippen LogP contribution in [-0.2, 0) is 0 Å². The van der Waals surface area contributed by atoms with E-state index in [1.54, 1.807) is 0 Å². The average Bonchev–Trinajstić information content (AvgIpc) is 2.46. The lowest BCUT2D eigenvalue weighted by molar-refractivity contribution is 0.0892. The fourth-order valence-electron chi connectivity index (χ4n) is 2.86. The van der Waals surface area contributed by atoms with Crippen molar-refractivity contribution in [3.05, 3.63) is 35.4 Å². The van der Waals surface area contributed by atoms with Crippen molar-refractivity contribution in [2.24, 2.45) is 5.92 Å². The first-order valence-electron chi connectivity index (χ1n) is 8.04. The van der Waals surface area contributed by atoms with E-state index in [2.05, 4.69) is 17.1 Å². The van der Waals surface area contributed by atoms with Crippen molar-refractivity contribution >= 4 is 0 Å². The maximum absolute atomic E-state index is 13.2. The van der Waals surface area contributed by atoms with E-state index < -0.39 is 17.7 Å². The molecule has 1 aliphatic rings. The molecule has 1 aliphatic heterocycles. The first kappa shape index (κ1) is 17.3. The molecule has 1 aromatic carbocycles. The Morgan fingerprint density at radius 2 is 1.82 bits per heavy atom. The van der Waals surface area contributed by atoms with E-state index in [1.165, 1.54) is 25.0 Å². The van der Waals surface area contributed by atoms with Crippen molar-refractivity contribution in [2.45, 2.75) is 38.8 Å². The Balaban J connectivity index is 1.76. The van der Waals surface area contributed by atoms with E-state index in [9.17, 15) is 13.9 Å². The molecule has 124 valence electrons. The van der Waals surface area contributed by atoms with E-state index in [0.717, 1.165) is 25.1 Å². The van der Waals surface area contributed by atoms with Crippen molar-refractivity contribution in [2.75, 3.05) is 26.2 Å². The zero-order chi connectivity index (χ0) is 16.1. The molecule has 0 saturated carbocycles. The summed E-state index contributed by atoms with van der Waals surface area (Å²) in [4.78, 5) is 2.28. The molecule has 0 spiro atoms. The van der Waals surface area contributed by atoms with Gasteiger partial charge in [-0.25, -0.2) is 8.78 Å². The summed E-state index contributed by atoms with van der Waals surface area (Å²) in [5, 5.41) is 13.3. The highest BCUT2D eigenvalue weighted by Gasteiger charge is 2.18. The van der Waals surface area contributed by atoms with Gasteiger partial charge >= 0.3 is 0 Å². The Bertz CT molecular complexity index is 455. The highest BCUT2D eigenvalue weighted by atomic mass is 19.1. The Morgan fingerprint density at radius 1 is 1.23 bits per heavy atom. The van der Waals surface area contributed by atoms with Crippen molar-refractivity contribution in [3.8, 4) is 0 Å². The lowest BCUT2D eigenvalue weighted by atomic mass is 9.99. The topological polar surface area (TPSA) is 35.5 Å². The number of β-amino-alcohol motifs (C(OH)–C–C–N with tert-alkyl or cyclic N) is 1. The number of hydrogen-bond acceptors (Lipinski definition) is 3. The standard InChI is InChI=1S/C17H26F2N2O/c1-12-3-5-21(6-4-12)11-17(22)10-20-13(2)14-7-15(18)9-16(19)8-14/h7-9,12-13,17,20,22H,3-6,10-11H2,1-2H3. The molecule has 1 aromatic rings. The van der Waals surface area contributed by atoms with Gasteiger partial charge in [0.05, 0.1) is 6.10 Å². The lowest BCUT2D eigenvalue weighted by Gasteiger charge is -2.32. The lowest BCUT2D eigenvalue weighted by Crippen LogP contribution is -2.42. The summed E-state index contributed by atoms with van der Waals surface area (Å²) in [7, 11) is 0. The molecular formula is C17H26F2N2O. The minimum atomic E-state index is -0.577. The largest absolute Gasteiger partial charge is 0.390 e. The number of aliphatic hydroxyl groups excluding tert-OH is 1. The van der Waals surface area contributed by atoms with E-state index in [1.807, 2.05) is 6.92 Å². The quantitative estimate of drug-likeness (QED) is 0.848. The Labute approximate surface area is 131 Å². The molecule has 3 nitrogen and oxygen atoms in total. The summed E-state index contributed by atoms with van der Waals surface area (Å²) < 4.78 is 26.4. The van der Waals surface area contributed by atoms with Crippen LogP contribution in [0.4, 0.5) is 8.78 Å². The third-order valence-electron chi connectivity index (χ3n) is 4.39. The molecule has 0 aromatic heterocycles. The van der Waals surface area contributed by atoms with E-state index >= 15 is 0 Å². The maximum atomic E-state index is 13.2. The molecule has 1 heterocycles. The molecule has 2 atom stereocenters. The van der Waals surface area contributed by atoms with Crippen LogP contribution < -0.4 is 5.32 Å². The zero-order valence-electron chi connectivity index (χ0n) is 13.4. The van der Waals surface area contributed by atoms with Crippen LogP contribution in [0.5, 0.6) is 0 Å². The van der Waals surface area contributed by atoms with Gasteiger partial charge in [-0.1, -0.05) is 6.92 Å². The second-order valence-electron chi connectivity index (χ2n) is 6.47. The molecule has 2 N–H and O–H groups in total. The van der Waals surface area contributed by atoms with Crippen LogP contribution in [0, 0.1) is 17.6 Å². The Kier molecular flexibility index (Phi) is 6.29. The molecule has 5 heteroatoms. The first-order valence-corrected chi connectivity index (χ1v) is 8.04. The number of hydrogen-bond donors (Lipinski definition) is 2. The Hall–Kier alpha value is -1.04. The van der Waals surface area contributed by atoms with Crippen molar-refractivity contribution < 1.29 is 13.9 Å². The minimum Gasteiger partial charge on any atom is -0.390 e. The van der Waals surface area contributed by atoms with E-state index in [-0.39, 0.29) is 6.04 Å². The van der Waals surface area contributed by atoms with Gasteiger partial charge in [-0.15, -0.1) is 0 Å². The number of benzene rings is 1. The number of piperidine rings is 1. The van der Waals surface area contributed by atoms with Crippen molar-refractivity contribution in [1.82, 2.24) is 10.2 Å². The van der Waals surface area contributed by atoms with Gasteiger partial charge in [-0.2, -0.15) is 0 Å². The minimum absolute atomic E-state index is 0.207. The van der Waals surface area contributed by atoms with Gasteiger partial charge in [-0.3, -0.25) is 0 Å². The summed E-state index contributed by atoms with van der Waals surface area (Å²) in [6.07, 6.45) is 1.88. The molecule has 0 aliphatic carbocycles. The van der Waals surface area contributed by atoms with E-state index in [4.69, 9.17) is 0 Å². The molecular weight excluding hydrogens is 286 g/mol. The number of rotatable bonds is 6. The monoisotopic (exact) mass is 312 g/mol. The van der Waals surface area contributed by atoms with E-state index in [0.29, 0.717) is 18.7 Å². The van der Waals surface area contributed by atoms with Crippen molar-refractivity contribution in [1.29, 1.82) is 0 Å². The van der Waals surface area contributed by atoms with Gasteiger partial charge in [0.1, 0.15) is 11.6 Å². The average molecular weight is 312 g/mol. The third kappa shape index (κ3) is 5.30. The van der Waals surface area contributed by atoms with Crippen LogP contribution >= 0.6 is 0 Å². The van der Waals surface area contributed by atoms with Crippen LogP contribution in [0.1, 0.15) is 38.3 Å². The first-order chi connectivity index (χ1) is 10.4. The SMILES string of the molecule is CC1CCN(CC(O)CNC(C)c2cc(F)cc(F)c2)CC1. The zero-order valence-corrected chi connectivity index (χ0v) is 13.4. The van der Waals surface area contributed by atoms with Crippen LogP contribution in [0.3, 0.4) is 0 Å². The van der Waals surface area contributed by atoms with Crippen LogP contribution in [0.2, 0.25) is 0 Å². The second-order valence-corrected chi connectivity index (χ2v) is 6.47. The molecule has 22 heavy (non-hydrogen) atoms. The fourth-order valence-corrected chi connectivity index (χ4v) is 2.86. The van der Waals surface area contributed by atoms with Crippen LogP contribution in [-0.4, -0.2) is 42.3 Å². The summed E-state index contributed by atoms with van der Waals surface area (Å²) >= 11 is 0. The molecule has 2 rings (SSSR count). The van der Waals surface area contributed by atoms with Gasteiger partial charge in [0.2, 0.25) is 0 Å². The predicted octanol–water partition coefficient (Wildman–Crippen LogP) is 2.71. The van der Waals surface area contributed by atoms with Crippen LogP contribution in [0.25, 0.3) is 0 Å². The number of halogens is 2. The van der Waals surface area contributed by atoms with Gasteiger partial charge in [-0.05, 0) is 56.5 Å².